The standard InChI is InChI=1S/C26H23N5O2/c1-17(32)29-24(14-18-15-27-22-7-3-2-6-21(18)22)26(33)30-19-10-12-20(13-11-19)31-16-28-23-8-4-5-9-25(23)31/h2-13,15-16,24,27H,14H2,1H3,(H,29,32)(H,30,33)/t24-/m0/s1. The first-order chi connectivity index (χ1) is 16.1. The van der Waals surface area contributed by atoms with Crippen molar-refractivity contribution in [1.82, 2.24) is 19.9 Å². The average Bonchev–Trinajstić information content (AvgIpc) is 3.43. The van der Waals surface area contributed by atoms with E-state index in [1.54, 1.807) is 6.33 Å². The molecular weight excluding hydrogens is 414 g/mol. The molecule has 0 saturated heterocycles. The fraction of sp³-hybridized carbons (Fsp3) is 0.115. The zero-order valence-electron chi connectivity index (χ0n) is 18.1. The number of H-pyrrole nitrogens is 1. The number of aromatic nitrogens is 3. The number of amides is 2. The number of anilines is 1. The molecule has 0 spiro atoms. The van der Waals surface area contributed by atoms with Gasteiger partial charge < -0.3 is 15.6 Å². The molecule has 0 saturated carbocycles. The molecule has 1 atom stereocenters. The number of para-hydroxylation sites is 3. The predicted octanol–water partition coefficient (Wildman–Crippen LogP) is 4.19. The number of nitrogens with one attached hydrogen (secondary N) is 3. The average molecular weight is 438 g/mol. The topological polar surface area (TPSA) is 91.8 Å². The molecular formula is C26H23N5O2. The summed E-state index contributed by atoms with van der Waals surface area (Å²) in [4.78, 5) is 32.5. The minimum Gasteiger partial charge on any atom is -0.361 e. The first-order valence-corrected chi connectivity index (χ1v) is 10.7. The molecule has 0 aliphatic carbocycles. The van der Waals surface area contributed by atoms with Crippen LogP contribution in [0.1, 0.15) is 12.5 Å². The molecule has 0 radical (unpaired) electrons. The number of nitrogens with zero attached hydrogens (tertiary/aromatic N) is 2. The summed E-state index contributed by atoms with van der Waals surface area (Å²) in [6.07, 6.45) is 4.05. The number of hydrogen-bond acceptors (Lipinski definition) is 3. The van der Waals surface area contributed by atoms with Crippen LogP contribution in [0.25, 0.3) is 27.6 Å². The lowest BCUT2D eigenvalue weighted by Crippen LogP contribution is -2.44. The summed E-state index contributed by atoms with van der Waals surface area (Å²) in [5.41, 5.74) is 5.50. The Labute approximate surface area is 190 Å². The van der Waals surface area contributed by atoms with Crippen molar-refractivity contribution in [3.05, 3.63) is 90.9 Å². The summed E-state index contributed by atoms with van der Waals surface area (Å²) in [6.45, 7) is 1.42. The van der Waals surface area contributed by atoms with Gasteiger partial charge in [0.2, 0.25) is 11.8 Å². The third-order valence-corrected chi connectivity index (χ3v) is 5.66. The maximum atomic E-state index is 13.0. The van der Waals surface area contributed by atoms with Gasteiger partial charge in [-0.25, -0.2) is 4.98 Å². The van der Waals surface area contributed by atoms with Gasteiger partial charge in [-0.3, -0.25) is 14.2 Å². The van der Waals surface area contributed by atoms with Crippen molar-refractivity contribution in [2.45, 2.75) is 19.4 Å². The van der Waals surface area contributed by atoms with E-state index >= 15 is 0 Å². The molecule has 3 aromatic carbocycles. The Morgan fingerprint density at radius 2 is 1.76 bits per heavy atom. The smallest absolute Gasteiger partial charge is 0.247 e. The van der Waals surface area contributed by atoms with E-state index in [9.17, 15) is 9.59 Å². The highest BCUT2D eigenvalue weighted by atomic mass is 16.2. The Morgan fingerprint density at radius 3 is 2.58 bits per heavy atom. The molecule has 2 heterocycles. The van der Waals surface area contributed by atoms with Crippen LogP contribution in [0, 0.1) is 0 Å². The van der Waals surface area contributed by atoms with E-state index < -0.39 is 6.04 Å². The Bertz CT molecular complexity index is 1450. The number of hydrogen-bond donors (Lipinski definition) is 3. The molecule has 3 N–H and O–H groups in total. The van der Waals surface area contributed by atoms with Crippen LogP contribution in [0.15, 0.2) is 85.3 Å². The molecule has 7 heteroatoms. The van der Waals surface area contributed by atoms with Crippen molar-refractivity contribution >= 4 is 39.4 Å². The van der Waals surface area contributed by atoms with Gasteiger partial charge in [0, 0.05) is 41.8 Å². The van der Waals surface area contributed by atoms with Crippen molar-refractivity contribution in [3.63, 3.8) is 0 Å². The molecule has 0 fully saturated rings. The maximum absolute atomic E-state index is 13.0. The van der Waals surface area contributed by atoms with Crippen LogP contribution in [0.4, 0.5) is 5.69 Å². The predicted molar refractivity (Wildman–Crippen MR) is 129 cm³/mol. The van der Waals surface area contributed by atoms with Crippen LogP contribution < -0.4 is 10.6 Å². The lowest BCUT2D eigenvalue weighted by Gasteiger charge is -2.18. The zero-order chi connectivity index (χ0) is 22.8. The highest BCUT2D eigenvalue weighted by Gasteiger charge is 2.21. The quantitative estimate of drug-likeness (QED) is 0.372. The van der Waals surface area contributed by atoms with Crippen molar-refractivity contribution in [2.75, 3.05) is 5.32 Å². The summed E-state index contributed by atoms with van der Waals surface area (Å²) in [5, 5.41) is 6.75. The van der Waals surface area contributed by atoms with Crippen LogP contribution in [0.3, 0.4) is 0 Å². The van der Waals surface area contributed by atoms with Crippen molar-refractivity contribution in [3.8, 4) is 5.69 Å². The van der Waals surface area contributed by atoms with E-state index in [4.69, 9.17) is 0 Å². The molecule has 2 amide bonds. The second kappa shape index (κ2) is 8.63. The van der Waals surface area contributed by atoms with E-state index in [-0.39, 0.29) is 11.8 Å². The summed E-state index contributed by atoms with van der Waals surface area (Å²) < 4.78 is 2.00. The largest absolute Gasteiger partial charge is 0.361 e. The molecule has 7 nitrogen and oxygen atoms in total. The van der Waals surface area contributed by atoms with Crippen LogP contribution in [0.5, 0.6) is 0 Å². The number of aromatic amines is 1. The second-order valence-corrected chi connectivity index (χ2v) is 7.96. The molecule has 0 aliphatic heterocycles. The van der Waals surface area contributed by atoms with Gasteiger partial charge >= 0.3 is 0 Å². The van der Waals surface area contributed by atoms with E-state index in [1.807, 2.05) is 83.6 Å². The van der Waals surface area contributed by atoms with E-state index in [1.165, 1.54) is 6.92 Å². The van der Waals surface area contributed by atoms with E-state index in [2.05, 4.69) is 20.6 Å². The van der Waals surface area contributed by atoms with Crippen molar-refractivity contribution in [2.24, 2.45) is 0 Å². The van der Waals surface area contributed by atoms with Crippen LogP contribution in [-0.2, 0) is 16.0 Å². The zero-order valence-corrected chi connectivity index (χ0v) is 18.1. The maximum Gasteiger partial charge on any atom is 0.247 e. The fourth-order valence-electron chi connectivity index (χ4n) is 4.07. The molecule has 164 valence electrons. The lowest BCUT2D eigenvalue weighted by molar-refractivity contribution is -0.125. The summed E-state index contributed by atoms with van der Waals surface area (Å²) in [6, 6.07) is 22.7. The Kier molecular flexibility index (Phi) is 5.36. The van der Waals surface area contributed by atoms with Gasteiger partial charge in [0.1, 0.15) is 12.4 Å². The molecule has 5 aromatic rings. The minimum atomic E-state index is -0.695. The highest BCUT2D eigenvalue weighted by Crippen LogP contribution is 2.21. The van der Waals surface area contributed by atoms with Crippen LogP contribution >= 0.6 is 0 Å². The van der Waals surface area contributed by atoms with E-state index in [0.717, 1.165) is 33.2 Å². The van der Waals surface area contributed by atoms with Gasteiger partial charge in [0.15, 0.2) is 0 Å². The SMILES string of the molecule is CC(=O)N[C@@H](Cc1c[nH]c2ccccc12)C(=O)Nc1ccc(-n2cnc3ccccc32)cc1. The number of rotatable bonds is 6. The number of fused-ring (bicyclic) bond motifs is 2. The number of imidazole rings is 1. The Hall–Kier alpha value is -4.39. The normalized spacial score (nSPS) is 12.0. The van der Waals surface area contributed by atoms with E-state index in [0.29, 0.717) is 12.1 Å². The number of carbonyl (C=O) groups is 2. The summed E-state index contributed by atoms with van der Waals surface area (Å²) in [5.74, 6) is -0.520. The van der Waals surface area contributed by atoms with Crippen molar-refractivity contribution in [1.29, 1.82) is 0 Å². The fourth-order valence-corrected chi connectivity index (χ4v) is 4.07. The van der Waals surface area contributed by atoms with Crippen LogP contribution in [-0.4, -0.2) is 32.4 Å². The summed E-state index contributed by atoms with van der Waals surface area (Å²) in [7, 11) is 0. The summed E-state index contributed by atoms with van der Waals surface area (Å²) >= 11 is 0. The van der Waals surface area contributed by atoms with Gasteiger partial charge in [-0.1, -0.05) is 30.3 Å². The molecule has 2 aromatic heterocycles. The van der Waals surface area contributed by atoms with Gasteiger partial charge in [0.05, 0.1) is 11.0 Å². The molecule has 5 rings (SSSR count). The number of carbonyl (C=O) groups excluding carboxylic acids is 2. The third kappa shape index (κ3) is 4.21. The van der Waals surface area contributed by atoms with Gasteiger partial charge in [0.25, 0.3) is 0 Å². The van der Waals surface area contributed by atoms with Crippen molar-refractivity contribution < 1.29 is 9.59 Å². The molecule has 0 unspecified atom stereocenters. The Balaban J connectivity index is 1.34. The van der Waals surface area contributed by atoms with Gasteiger partial charge in [-0.05, 0) is 48.0 Å². The monoisotopic (exact) mass is 437 g/mol. The Morgan fingerprint density at radius 1 is 1.00 bits per heavy atom. The minimum absolute atomic E-state index is 0.252. The molecule has 0 aliphatic rings. The lowest BCUT2D eigenvalue weighted by atomic mass is 10.0. The second-order valence-electron chi connectivity index (χ2n) is 7.96. The number of benzene rings is 3. The highest BCUT2D eigenvalue weighted by molar-refractivity contribution is 5.97. The van der Waals surface area contributed by atoms with Crippen LogP contribution in [0.2, 0.25) is 0 Å². The molecule has 0 bridgehead atoms. The van der Waals surface area contributed by atoms with Gasteiger partial charge in [-0.2, -0.15) is 0 Å². The van der Waals surface area contributed by atoms with Gasteiger partial charge in [-0.15, -0.1) is 0 Å². The molecule has 33 heavy (non-hydrogen) atoms. The first kappa shape index (κ1) is 20.5. The third-order valence-electron chi connectivity index (χ3n) is 5.66. The first-order valence-electron chi connectivity index (χ1n) is 10.7.